The molecular formula is C23H30N2O2. The molecule has 0 radical (unpaired) electrons. The molecule has 0 aliphatic carbocycles. The van der Waals surface area contributed by atoms with E-state index in [1.807, 2.05) is 48.5 Å². The summed E-state index contributed by atoms with van der Waals surface area (Å²) in [5.41, 5.74) is 2.19. The van der Waals surface area contributed by atoms with E-state index in [-0.39, 0.29) is 11.9 Å². The van der Waals surface area contributed by atoms with Crippen LogP contribution in [0.25, 0.3) is 0 Å². The van der Waals surface area contributed by atoms with Crippen molar-refractivity contribution in [3.05, 3.63) is 65.7 Å². The van der Waals surface area contributed by atoms with Crippen molar-refractivity contribution in [1.82, 2.24) is 10.2 Å². The van der Waals surface area contributed by atoms with Gasteiger partial charge in [-0.2, -0.15) is 0 Å². The normalized spacial score (nSPS) is 16.7. The van der Waals surface area contributed by atoms with Crippen molar-refractivity contribution in [2.45, 2.75) is 32.2 Å². The van der Waals surface area contributed by atoms with Crippen LogP contribution in [0.3, 0.4) is 0 Å². The van der Waals surface area contributed by atoms with Crippen LogP contribution in [0.2, 0.25) is 0 Å². The smallest absolute Gasteiger partial charge is 0.224 e. The van der Waals surface area contributed by atoms with Gasteiger partial charge in [-0.05, 0) is 43.5 Å². The first kappa shape index (κ1) is 19.4. The molecule has 0 aromatic heterocycles. The Hall–Kier alpha value is -2.33. The number of para-hydroxylation sites is 1. The standard InChI is InChI=1S/C23H30N2O2/c1-18-12-14-25(15-13-18)21(20-10-6-7-11-22(20)27-2)17-24-23(26)16-19-8-4-3-5-9-19/h3-11,18,21H,12-17H2,1-2H3,(H,24,26). The number of carbonyl (C=O) groups excluding carboxylic acids is 1. The molecular weight excluding hydrogens is 336 g/mol. The average Bonchev–Trinajstić information content (AvgIpc) is 2.70. The molecule has 27 heavy (non-hydrogen) atoms. The Bertz CT molecular complexity index is 724. The minimum Gasteiger partial charge on any atom is -0.496 e. The number of benzene rings is 2. The number of likely N-dealkylation sites (tertiary alicyclic amines) is 1. The number of nitrogens with zero attached hydrogens (tertiary/aromatic N) is 1. The van der Waals surface area contributed by atoms with E-state index in [1.165, 1.54) is 12.8 Å². The maximum atomic E-state index is 12.5. The third-order valence-corrected chi connectivity index (χ3v) is 5.46. The summed E-state index contributed by atoms with van der Waals surface area (Å²) in [6, 6.07) is 18.2. The molecule has 1 aliphatic rings. The summed E-state index contributed by atoms with van der Waals surface area (Å²) in [4.78, 5) is 15.0. The summed E-state index contributed by atoms with van der Waals surface area (Å²) in [6.07, 6.45) is 2.81. The second kappa shape index (κ2) is 9.56. The van der Waals surface area contributed by atoms with Crippen LogP contribution in [0.4, 0.5) is 0 Å². The van der Waals surface area contributed by atoms with Crippen LogP contribution in [0.15, 0.2) is 54.6 Å². The zero-order valence-electron chi connectivity index (χ0n) is 16.4. The Morgan fingerprint density at radius 2 is 1.78 bits per heavy atom. The molecule has 4 nitrogen and oxygen atoms in total. The number of hydrogen-bond acceptors (Lipinski definition) is 3. The summed E-state index contributed by atoms with van der Waals surface area (Å²) in [6.45, 7) is 5.02. The highest BCUT2D eigenvalue weighted by Gasteiger charge is 2.27. The van der Waals surface area contributed by atoms with Gasteiger partial charge in [0.2, 0.25) is 5.91 Å². The van der Waals surface area contributed by atoms with Crippen molar-refractivity contribution in [1.29, 1.82) is 0 Å². The lowest BCUT2D eigenvalue weighted by atomic mass is 9.95. The van der Waals surface area contributed by atoms with E-state index in [2.05, 4.69) is 23.2 Å². The third kappa shape index (κ3) is 5.33. The van der Waals surface area contributed by atoms with Gasteiger partial charge in [-0.3, -0.25) is 9.69 Å². The molecule has 2 aromatic rings. The van der Waals surface area contributed by atoms with Crippen molar-refractivity contribution < 1.29 is 9.53 Å². The van der Waals surface area contributed by atoms with E-state index in [1.54, 1.807) is 7.11 Å². The lowest BCUT2D eigenvalue weighted by Gasteiger charge is -2.37. The van der Waals surface area contributed by atoms with Crippen LogP contribution in [0.1, 0.15) is 36.9 Å². The number of rotatable bonds is 7. The SMILES string of the molecule is COc1ccccc1C(CNC(=O)Cc1ccccc1)N1CCC(C)CC1. The van der Waals surface area contributed by atoms with Crippen molar-refractivity contribution in [3.63, 3.8) is 0 Å². The fraction of sp³-hybridized carbons (Fsp3) is 0.435. The molecule has 1 aliphatic heterocycles. The summed E-state index contributed by atoms with van der Waals surface area (Å²) < 4.78 is 5.60. The van der Waals surface area contributed by atoms with Gasteiger partial charge in [-0.15, -0.1) is 0 Å². The van der Waals surface area contributed by atoms with Crippen LogP contribution in [-0.2, 0) is 11.2 Å². The van der Waals surface area contributed by atoms with Crippen LogP contribution >= 0.6 is 0 Å². The van der Waals surface area contributed by atoms with E-state index in [0.29, 0.717) is 13.0 Å². The fourth-order valence-electron chi connectivity index (χ4n) is 3.77. The van der Waals surface area contributed by atoms with Gasteiger partial charge >= 0.3 is 0 Å². The van der Waals surface area contributed by atoms with E-state index in [0.717, 1.165) is 35.9 Å². The lowest BCUT2D eigenvalue weighted by molar-refractivity contribution is -0.120. The first-order valence-electron chi connectivity index (χ1n) is 9.85. The maximum Gasteiger partial charge on any atom is 0.224 e. The van der Waals surface area contributed by atoms with Crippen molar-refractivity contribution in [3.8, 4) is 5.75 Å². The van der Waals surface area contributed by atoms with Gasteiger partial charge in [0.05, 0.1) is 19.6 Å². The van der Waals surface area contributed by atoms with Crippen molar-refractivity contribution in [2.24, 2.45) is 5.92 Å². The van der Waals surface area contributed by atoms with Gasteiger partial charge in [-0.25, -0.2) is 0 Å². The molecule has 4 heteroatoms. The number of ether oxygens (including phenoxy) is 1. The Morgan fingerprint density at radius 1 is 1.11 bits per heavy atom. The summed E-state index contributed by atoms with van der Waals surface area (Å²) in [5, 5.41) is 3.15. The van der Waals surface area contributed by atoms with E-state index < -0.39 is 0 Å². The summed E-state index contributed by atoms with van der Waals surface area (Å²) >= 11 is 0. The van der Waals surface area contributed by atoms with E-state index >= 15 is 0 Å². The number of methoxy groups -OCH3 is 1. The van der Waals surface area contributed by atoms with Gasteiger partial charge in [0.15, 0.2) is 0 Å². The number of carbonyl (C=O) groups is 1. The monoisotopic (exact) mass is 366 g/mol. The Labute approximate surface area is 162 Å². The van der Waals surface area contributed by atoms with Crippen LogP contribution in [-0.4, -0.2) is 37.6 Å². The Balaban J connectivity index is 1.71. The summed E-state index contributed by atoms with van der Waals surface area (Å²) in [7, 11) is 1.71. The Morgan fingerprint density at radius 3 is 2.48 bits per heavy atom. The molecule has 0 spiro atoms. The molecule has 1 N–H and O–H groups in total. The van der Waals surface area contributed by atoms with Gasteiger partial charge in [0.1, 0.15) is 5.75 Å². The third-order valence-electron chi connectivity index (χ3n) is 5.46. The molecule has 144 valence electrons. The minimum absolute atomic E-state index is 0.0616. The Kier molecular flexibility index (Phi) is 6.88. The second-order valence-corrected chi connectivity index (χ2v) is 7.44. The van der Waals surface area contributed by atoms with Crippen LogP contribution < -0.4 is 10.1 Å². The lowest BCUT2D eigenvalue weighted by Crippen LogP contribution is -2.42. The fourth-order valence-corrected chi connectivity index (χ4v) is 3.77. The highest BCUT2D eigenvalue weighted by atomic mass is 16.5. The maximum absolute atomic E-state index is 12.5. The van der Waals surface area contributed by atoms with Crippen LogP contribution in [0.5, 0.6) is 5.75 Å². The van der Waals surface area contributed by atoms with Gasteiger partial charge < -0.3 is 10.1 Å². The van der Waals surface area contributed by atoms with Gasteiger partial charge in [0, 0.05) is 12.1 Å². The molecule has 1 heterocycles. The quantitative estimate of drug-likeness (QED) is 0.810. The number of piperidine rings is 1. The highest BCUT2D eigenvalue weighted by Crippen LogP contribution is 2.31. The molecule has 0 saturated carbocycles. The van der Waals surface area contributed by atoms with Crippen molar-refractivity contribution in [2.75, 3.05) is 26.7 Å². The topological polar surface area (TPSA) is 41.6 Å². The van der Waals surface area contributed by atoms with Crippen LogP contribution in [0, 0.1) is 5.92 Å². The highest BCUT2D eigenvalue weighted by molar-refractivity contribution is 5.78. The molecule has 1 fully saturated rings. The zero-order valence-corrected chi connectivity index (χ0v) is 16.4. The first-order chi connectivity index (χ1) is 13.2. The molecule has 1 amide bonds. The summed E-state index contributed by atoms with van der Waals surface area (Å²) in [5.74, 6) is 1.72. The number of hydrogen-bond donors (Lipinski definition) is 1. The molecule has 1 atom stereocenters. The first-order valence-corrected chi connectivity index (χ1v) is 9.85. The molecule has 1 unspecified atom stereocenters. The molecule has 0 bridgehead atoms. The van der Waals surface area contributed by atoms with Gasteiger partial charge in [0.25, 0.3) is 0 Å². The molecule has 3 rings (SSSR count). The molecule has 1 saturated heterocycles. The average molecular weight is 367 g/mol. The minimum atomic E-state index is 0.0616. The van der Waals surface area contributed by atoms with Gasteiger partial charge in [-0.1, -0.05) is 55.5 Å². The molecule has 2 aromatic carbocycles. The predicted molar refractivity (Wildman–Crippen MR) is 109 cm³/mol. The van der Waals surface area contributed by atoms with Crippen molar-refractivity contribution >= 4 is 5.91 Å². The zero-order chi connectivity index (χ0) is 19.1. The van der Waals surface area contributed by atoms with E-state index in [9.17, 15) is 4.79 Å². The van der Waals surface area contributed by atoms with E-state index in [4.69, 9.17) is 4.74 Å². The second-order valence-electron chi connectivity index (χ2n) is 7.44. The number of amides is 1. The largest absolute Gasteiger partial charge is 0.496 e. The number of nitrogens with one attached hydrogen (secondary N) is 1. The predicted octanol–water partition coefficient (Wildman–Crippen LogP) is 3.83.